The molecule has 1 fully saturated rings. The third-order valence-corrected chi connectivity index (χ3v) is 3.46. The Hall–Kier alpha value is -1.17. The molecule has 0 aromatic carbocycles. The summed E-state index contributed by atoms with van der Waals surface area (Å²) in [4.78, 5) is 6.71. The van der Waals surface area contributed by atoms with Crippen molar-refractivity contribution in [1.29, 1.82) is 0 Å². The minimum atomic E-state index is 0.102. The second kappa shape index (κ2) is 5.65. The van der Waals surface area contributed by atoms with Gasteiger partial charge in [-0.25, -0.2) is 4.98 Å². The van der Waals surface area contributed by atoms with Gasteiger partial charge in [-0.3, -0.25) is 0 Å². The van der Waals surface area contributed by atoms with Crippen LogP contribution in [-0.4, -0.2) is 44.5 Å². The van der Waals surface area contributed by atoms with Crippen LogP contribution in [0, 0.1) is 6.92 Å². The average Bonchev–Trinajstić information content (AvgIpc) is 2.81. The number of pyridine rings is 1. The summed E-state index contributed by atoms with van der Waals surface area (Å²) in [5, 5.41) is 0. The molecule has 2 rings (SSSR count). The van der Waals surface area contributed by atoms with Gasteiger partial charge in [-0.05, 0) is 24.1 Å². The van der Waals surface area contributed by atoms with Crippen LogP contribution in [0.1, 0.15) is 11.1 Å². The number of rotatable bonds is 4. The maximum absolute atomic E-state index is 5.62. The molecule has 2 unspecified atom stereocenters. The van der Waals surface area contributed by atoms with Crippen molar-refractivity contribution in [2.75, 3.05) is 32.2 Å². The summed E-state index contributed by atoms with van der Waals surface area (Å²) in [6.07, 6.45) is 2.04. The summed E-state index contributed by atoms with van der Waals surface area (Å²) in [5.74, 6) is 0.994. The van der Waals surface area contributed by atoms with Crippen molar-refractivity contribution in [3.05, 3.63) is 23.4 Å². The highest BCUT2D eigenvalue weighted by molar-refractivity contribution is 5.49. The van der Waals surface area contributed by atoms with E-state index in [0.717, 1.165) is 30.0 Å². The van der Waals surface area contributed by atoms with Crippen LogP contribution in [-0.2, 0) is 16.0 Å². The molecule has 5 nitrogen and oxygen atoms in total. The van der Waals surface area contributed by atoms with Gasteiger partial charge in [-0.15, -0.1) is 0 Å². The van der Waals surface area contributed by atoms with E-state index in [9.17, 15) is 0 Å². The molecule has 5 heteroatoms. The maximum atomic E-state index is 5.62. The molecule has 2 atom stereocenters. The molecule has 1 aromatic rings. The second-order valence-electron chi connectivity index (χ2n) is 4.64. The molecule has 18 heavy (non-hydrogen) atoms. The lowest BCUT2D eigenvalue weighted by Gasteiger charge is -2.19. The van der Waals surface area contributed by atoms with Crippen LogP contribution in [0.2, 0.25) is 0 Å². The van der Waals surface area contributed by atoms with Crippen molar-refractivity contribution in [3.8, 4) is 0 Å². The number of methoxy groups -OCH3 is 2. The first-order chi connectivity index (χ1) is 8.69. The number of nitrogens with zero attached hydrogens (tertiary/aromatic N) is 2. The summed E-state index contributed by atoms with van der Waals surface area (Å²) in [5.41, 5.74) is 7.82. The lowest BCUT2D eigenvalue weighted by molar-refractivity contribution is -0.00461. The van der Waals surface area contributed by atoms with E-state index >= 15 is 0 Å². The van der Waals surface area contributed by atoms with E-state index in [1.807, 2.05) is 6.20 Å². The zero-order chi connectivity index (χ0) is 13.1. The quantitative estimate of drug-likeness (QED) is 0.853. The summed E-state index contributed by atoms with van der Waals surface area (Å²) in [7, 11) is 3.44. The van der Waals surface area contributed by atoms with Crippen LogP contribution in [0.15, 0.2) is 12.3 Å². The summed E-state index contributed by atoms with van der Waals surface area (Å²) in [6, 6.07) is 2.09. The largest absolute Gasteiger partial charge is 0.377 e. The molecule has 0 aliphatic carbocycles. The Morgan fingerprint density at radius 3 is 2.39 bits per heavy atom. The van der Waals surface area contributed by atoms with Crippen LogP contribution in [0.3, 0.4) is 0 Å². The Bertz CT molecular complexity index is 399. The normalized spacial score (nSPS) is 23.7. The van der Waals surface area contributed by atoms with Gasteiger partial charge in [0.2, 0.25) is 0 Å². The Labute approximate surface area is 108 Å². The standard InChI is InChI=1S/C13H21N3O2/c1-9-4-10(5-14)6-15-13(9)16-7-11(17-2)12(8-16)18-3/h4,6,11-12H,5,7-8,14H2,1-3H3. The monoisotopic (exact) mass is 251 g/mol. The average molecular weight is 251 g/mol. The van der Waals surface area contributed by atoms with Gasteiger partial charge >= 0.3 is 0 Å². The molecular weight excluding hydrogens is 230 g/mol. The van der Waals surface area contributed by atoms with Crippen molar-refractivity contribution in [1.82, 2.24) is 4.98 Å². The van der Waals surface area contributed by atoms with Gasteiger partial charge < -0.3 is 20.1 Å². The minimum absolute atomic E-state index is 0.102. The number of anilines is 1. The van der Waals surface area contributed by atoms with Crippen molar-refractivity contribution in [2.45, 2.75) is 25.7 Å². The predicted molar refractivity (Wildman–Crippen MR) is 70.7 cm³/mol. The summed E-state index contributed by atoms with van der Waals surface area (Å²) < 4.78 is 10.9. The van der Waals surface area contributed by atoms with E-state index in [0.29, 0.717) is 6.54 Å². The van der Waals surface area contributed by atoms with Gasteiger partial charge in [0.05, 0.1) is 0 Å². The van der Waals surface area contributed by atoms with E-state index in [4.69, 9.17) is 15.2 Å². The highest BCUT2D eigenvalue weighted by atomic mass is 16.5. The summed E-state index contributed by atoms with van der Waals surface area (Å²) >= 11 is 0. The van der Waals surface area contributed by atoms with E-state index < -0.39 is 0 Å². The maximum Gasteiger partial charge on any atom is 0.131 e. The van der Waals surface area contributed by atoms with E-state index in [-0.39, 0.29) is 12.2 Å². The van der Waals surface area contributed by atoms with Gasteiger partial charge in [0.15, 0.2) is 0 Å². The molecule has 0 amide bonds. The SMILES string of the molecule is COC1CN(c2ncc(CN)cc2C)CC1OC. The highest BCUT2D eigenvalue weighted by Crippen LogP contribution is 2.24. The first kappa shape index (κ1) is 13.3. The topological polar surface area (TPSA) is 60.6 Å². The lowest BCUT2D eigenvalue weighted by atomic mass is 10.2. The fourth-order valence-electron chi connectivity index (χ4n) is 2.44. The van der Waals surface area contributed by atoms with E-state index in [1.54, 1.807) is 14.2 Å². The van der Waals surface area contributed by atoms with E-state index in [1.165, 1.54) is 0 Å². The number of hydrogen-bond donors (Lipinski definition) is 1. The van der Waals surface area contributed by atoms with Gasteiger partial charge in [-0.2, -0.15) is 0 Å². The molecular formula is C13H21N3O2. The van der Waals surface area contributed by atoms with Gasteiger partial charge in [0.25, 0.3) is 0 Å². The Morgan fingerprint density at radius 1 is 1.33 bits per heavy atom. The minimum Gasteiger partial charge on any atom is -0.377 e. The van der Waals surface area contributed by atoms with Crippen molar-refractivity contribution >= 4 is 5.82 Å². The third-order valence-electron chi connectivity index (χ3n) is 3.46. The number of aryl methyl sites for hydroxylation is 1. The fourth-order valence-corrected chi connectivity index (χ4v) is 2.44. The zero-order valence-corrected chi connectivity index (χ0v) is 11.2. The van der Waals surface area contributed by atoms with Crippen LogP contribution < -0.4 is 10.6 Å². The molecule has 1 saturated heterocycles. The second-order valence-corrected chi connectivity index (χ2v) is 4.64. The van der Waals surface area contributed by atoms with Crippen molar-refractivity contribution in [2.24, 2.45) is 5.73 Å². The number of aromatic nitrogens is 1. The highest BCUT2D eigenvalue weighted by Gasteiger charge is 2.34. The molecule has 1 aliphatic rings. The molecule has 0 bridgehead atoms. The number of ether oxygens (including phenoxy) is 2. The number of nitrogens with two attached hydrogens (primary N) is 1. The zero-order valence-electron chi connectivity index (χ0n) is 11.2. The molecule has 0 spiro atoms. The smallest absolute Gasteiger partial charge is 0.131 e. The van der Waals surface area contributed by atoms with Crippen molar-refractivity contribution in [3.63, 3.8) is 0 Å². The van der Waals surface area contributed by atoms with E-state index in [2.05, 4.69) is 22.9 Å². The molecule has 1 aromatic heterocycles. The Kier molecular flexibility index (Phi) is 4.16. The van der Waals surface area contributed by atoms with Gasteiger partial charge in [0, 0.05) is 40.1 Å². The molecule has 1 aliphatic heterocycles. The van der Waals surface area contributed by atoms with Crippen LogP contribution in [0.25, 0.3) is 0 Å². The molecule has 0 radical (unpaired) electrons. The van der Waals surface area contributed by atoms with Crippen LogP contribution in [0.4, 0.5) is 5.82 Å². The first-order valence-electron chi connectivity index (χ1n) is 6.15. The predicted octanol–water partition coefficient (Wildman–Crippen LogP) is 0.699. The van der Waals surface area contributed by atoms with Gasteiger partial charge in [-0.1, -0.05) is 0 Å². The van der Waals surface area contributed by atoms with Crippen LogP contribution >= 0.6 is 0 Å². The van der Waals surface area contributed by atoms with Gasteiger partial charge in [0.1, 0.15) is 18.0 Å². The lowest BCUT2D eigenvalue weighted by Crippen LogP contribution is -2.27. The third kappa shape index (κ3) is 2.48. The fraction of sp³-hybridized carbons (Fsp3) is 0.615. The Balaban J connectivity index is 2.18. The Morgan fingerprint density at radius 2 is 1.94 bits per heavy atom. The number of hydrogen-bond acceptors (Lipinski definition) is 5. The molecule has 2 heterocycles. The first-order valence-corrected chi connectivity index (χ1v) is 6.15. The molecule has 0 saturated carbocycles. The molecule has 2 N–H and O–H groups in total. The van der Waals surface area contributed by atoms with Crippen molar-refractivity contribution < 1.29 is 9.47 Å². The van der Waals surface area contributed by atoms with Crippen LogP contribution in [0.5, 0.6) is 0 Å². The molecule has 100 valence electrons. The summed E-state index contributed by atoms with van der Waals surface area (Å²) in [6.45, 7) is 4.20.